The van der Waals surface area contributed by atoms with Crippen LogP contribution in [0.1, 0.15) is 58.5 Å². The lowest BCUT2D eigenvalue weighted by atomic mass is 9.94. The number of hydrogen-bond donors (Lipinski definition) is 1. The SMILES string of the molecule is CC(C)(CNC(=O)CCCN1C(=O)c2ccc(Br)cc2C1=O)N1CCc2ccccc2C1. The Balaban J connectivity index is 1.24. The molecular weight excluding hydrogens is 470 g/mol. The van der Waals surface area contributed by atoms with Crippen molar-refractivity contribution in [1.29, 1.82) is 0 Å². The van der Waals surface area contributed by atoms with Crippen molar-refractivity contribution in [2.75, 3.05) is 19.6 Å². The van der Waals surface area contributed by atoms with E-state index in [2.05, 4.69) is 64.3 Å². The molecule has 0 spiro atoms. The first kappa shape index (κ1) is 22.7. The van der Waals surface area contributed by atoms with E-state index in [1.807, 2.05) is 0 Å². The van der Waals surface area contributed by atoms with Crippen LogP contribution < -0.4 is 5.32 Å². The number of rotatable bonds is 7. The molecule has 7 heteroatoms. The summed E-state index contributed by atoms with van der Waals surface area (Å²) in [5, 5.41) is 3.04. The molecule has 32 heavy (non-hydrogen) atoms. The zero-order valence-electron chi connectivity index (χ0n) is 18.5. The molecule has 1 N–H and O–H groups in total. The van der Waals surface area contributed by atoms with Gasteiger partial charge in [0.15, 0.2) is 0 Å². The molecule has 0 saturated carbocycles. The van der Waals surface area contributed by atoms with Crippen LogP contribution in [0.2, 0.25) is 0 Å². The van der Waals surface area contributed by atoms with Gasteiger partial charge in [-0.25, -0.2) is 0 Å². The maximum absolute atomic E-state index is 12.5. The predicted molar refractivity (Wildman–Crippen MR) is 126 cm³/mol. The average molecular weight is 498 g/mol. The van der Waals surface area contributed by atoms with Crippen molar-refractivity contribution in [1.82, 2.24) is 15.1 Å². The molecule has 4 rings (SSSR count). The van der Waals surface area contributed by atoms with Gasteiger partial charge in [-0.3, -0.25) is 24.2 Å². The Kier molecular flexibility index (Phi) is 6.49. The number of fused-ring (bicyclic) bond motifs is 2. The van der Waals surface area contributed by atoms with Gasteiger partial charge in [-0.05, 0) is 56.0 Å². The minimum Gasteiger partial charge on any atom is -0.354 e. The van der Waals surface area contributed by atoms with E-state index in [1.54, 1.807) is 18.2 Å². The average Bonchev–Trinajstić information content (AvgIpc) is 3.01. The number of imide groups is 1. The van der Waals surface area contributed by atoms with Crippen LogP contribution in [0.5, 0.6) is 0 Å². The molecule has 2 heterocycles. The quantitative estimate of drug-likeness (QED) is 0.591. The van der Waals surface area contributed by atoms with Crippen LogP contribution in [0.3, 0.4) is 0 Å². The summed E-state index contributed by atoms with van der Waals surface area (Å²) in [4.78, 5) is 41.1. The zero-order valence-corrected chi connectivity index (χ0v) is 20.1. The third-order valence-electron chi connectivity index (χ3n) is 6.42. The van der Waals surface area contributed by atoms with E-state index < -0.39 is 0 Å². The smallest absolute Gasteiger partial charge is 0.261 e. The van der Waals surface area contributed by atoms with Gasteiger partial charge < -0.3 is 5.32 Å². The molecule has 2 aliphatic heterocycles. The number of carbonyl (C=O) groups is 3. The highest BCUT2D eigenvalue weighted by atomic mass is 79.9. The number of nitrogens with one attached hydrogen (secondary N) is 1. The molecule has 3 amide bonds. The number of hydrogen-bond acceptors (Lipinski definition) is 4. The summed E-state index contributed by atoms with van der Waals surface area (Å²) in [6.07, 6.45) is 1.73. The lowest BCUT2D eigenvalue weighted by molar-refractivity contribution is -0.121. The highest BCUT2D eigenvalue weighted by Crippen LogP contribution is 2.27. The maximum Gasteiger partial charge on any atom is 0.261 e. The zero-order chi connectivity index (χ0) is 22.9. The van der Waals surface area contributed by atoms with Gasteiger partial charge in [0, 0.05) is 42.6 Å². The number of carbonyl (C=O) groups excluding carboxylic acids is 3. The molecular formula is C25H28BrN3O3. The Hall–Kier alpha value is -2.51. The fourth-order valence-electron chi connectivity index (χ4n) is 4.39. The maximum atomic E-state index is 12.5. The molecule has 6 nitrogen and oxygen atoms in total. The van der Waals surface area contributed by atoms with Crippen molar-refractivity contribution in [2.24, 2.45) is 0 Å². The van der Waals surface area contributed by atoms with Gasteiger partial charge in [0.05, 0.1) is 11.1 Å². The third kappa shape index (κ3) is 4.64. The van der Waals surface area contributed by atoms with Crippen molar-refractivity contribution in [3.05, 3.63) is 69.2 Å². The normalized spacial score (nSPS) is 16.2. The van der Waals surface area contributed by atoms with E-state index in [9.17, 15) is 14.4 Å². The van der Waals surface area contributed by atoms with E-state index in [0.29, 0.717) is 24.1 Å². The largest absolute Gasteiger partial charge is 0.354 e. The Morgan fingerprint density at radius 3 is 2.56 bits per heavy atom. The Labute approximate surface area is 197 Å². The molecule has 2 aromatic rings. The molecule has 0 saturated heterocycles. The van der Waals surface area contributed by atoms with Gasteiger partial charge in [-0.15, -0.1) is 0 Å². The number of benzene rings is 2. The van der Waals surface area contributed by atoms with Gasteiger partial charge >= 0.3 is 0 Å². The standard InChI is InChI=1S/C25H28BrN3O3/c1-25(2,28-13-11-17-6-3-4-7-18(17)15-28)16-27-22(30)8-5-12-29-23(31)20-10-9-19(26)14-21(20)24(29)32/h3-4,6-7,9-10,14H,5,8,11-13,15-16H2,1-2H3,(H,27,30). The molecule has 0 unspecified atom stereocenters. The van der Waals surface area contributed by atoms with Crippen molar-refractivity contribution in [2.45, 2.75) is 45.2 Å². The van der Waals surface area contributed by atoms with Crippen LogP contribution in [-0.4, -0.2) is 52.7 Å². The number of nitrogens with zero attached hydrogens (tertiary/aromatic N) is 2. The van der Waals surface area contributed by atoms with Crippen molar-refractivity contribution in [3.63, 3.8) is 0 Å². The van der Waals surface area contributed by atoms with Crippen molar-refractivity contribution < 1.29 is 14.4 Å². The van der Waals surface area contributed by atoms with Crippen molar-refractivity contribution >= 4 is 33.7 Å². The van der Waals surface area contributed by atoms with Gasteiger partial charge in [0.2, 0.25) is 5.91 Å². The minimum atomic E-state index is -0.293. The van der Waals surface area contributed by atoms with Crippen LogP contribution in [0, 0.1) is 0 Å². The molecule has 0 fully saturated rings. The second-order valence-electron chi connectivity index (χ2n) is 9.08. The third-order valence-corrected chi connectivity index (χ3v) is 6.92. The lowest BCUT2D eigenvalue weighted by Crippen LogP contribution is -2.53. The van der Waals surface area contributed by atoms with Crippen LogP contribution in [-0.2, 0) is 17.8 Å². The lowest BCUT2D eigenvalue weighted by Gasteiger charge is -2.41. The van der Waals surface area contributed by atoms with E-state index >= 15 is 0 Å². The van der Waals surface area contributed by atoms with Gasteiger partial charge in [0.1, 0.15) is 0 Å². The summed E-state index contributed by atoms with van der Waals surface area (Å²) in [5.41, 5.74) is 3.43. The summed E-state index contributed by atoms with van der Waals surface area (Å²) in [7, 11) is 0. The topological polar surface area (TPSA) is 69.7 Å². The van der Waals surface area contributed by atoms with E-state index in [1.165, 1.54) is 16.0 Å². The second-order valence-corrected chi connectivity index (χ2v) is 10.0. The molecule has 0 aromatic heterocycles. The van der Waals surface area contributed by atoms with E-state index in [4.69, 9.17) is 0 Å². The van der Waals surface area contributed by atoms with Crippen LogP contribution in [0.4, 0.5) is 0 Å². The Bertz CT molecular complexity index is 1070. The Morgan fingerprint density at radius 2 is 1.78 bits per heavy atom. The molecule has 168 valence electrons. The summed E-state index contributed by atoms with van der Waals surface area (Å²) in [6, 6.07) is 13.6. The molecule has 2 aliphatic rings. The van der Waals surface area contributed by atoms with Gasteiger partial charge in [-0.2, -0.15) is 0 Å². The molecule has 0 aliphatic carbocycles. The van der Waals surface area contributed by atoms with Crippen LogP contribution in [0.25, 0.3) is 0 Å². The summed E-state index contributed by atoms with van der Waals surface area (Å²) in [5.74, 6) is -0.641. The first-order valence-corrected chi connectivity index (χ1v) is 11.8. The van der Waals surface area contributed by atoms with E-state index in [-0.39, 0.29) is 36.2 Å². The van der Waals surface area contributed by atoms with Crippen LogP contribution >= 0.6 is 15.9 Å². The van der Waals surface area contributed by atoms with Gasteiger partial charge in [-0.1, -0.05) is 40.2 Å². The first-order valence-electron chi connectivity index (χ1n) is 11.0. The highest BCUT2D eigenvalue weighted by molar-refractivity contribution is 9.10. The second kappa shape index (κ2) is 9.16. The highest BCUT2D eigenvalue weighted by Gasteiger charge is 2.35. The summed E-state index contributed by atoms with van der Waals surface area (Å²) < 4.78 is 0.762. The first-order chi connectivity index (χ1) is 15.3. The molecule has 0 radical (unpaired) electrons. The Morgan fingerprint density at radius 1 is 1.06 bits per heavy atom. The number of halogens is 1. The minimum absolute atomic E-state index is 0.0603. The fourth-order valence-corrected chi connectivity index (χ4v) is 4.75. The molecule has 2 aromatic carbocycles. The predicted octanol–water partition coefficient (Wildman–Crippen LogP) is 3.78. The number of amides is 3. The fraction of sp³-hybridized carbons (Fsp3) is 0.400. The monoisotopic (exact) mass is 497 g/mol. The van der Waals surface area contributed by atoms with Crippen LogP contribution in [0.15, 0.2) is 46.9 Å². The molecule has 0 bridgehead atoms. The van der Waals surface area contributed by atoms with Crippen molar-refractivity contribution in [3.8, 4) is 0 Å². The van der Waals surface area contributed by atoms with Gasteiger partial charge in [0.25, 0.3) is 11.8 Å². The summed E-state index contributed by atoms with van der Waals surface area (Å²) in [6.45, 7) is 6.94. The van der Waals surface area contributed by atoms with E-state index in [0.717, 1.165) is 24.0 Å². The molecule has 0 atom stereocenters. The summed E-state index contributed by atoms with van der Waals surface area (Å²) >= 11 is 3.34.